The highest BCUT2D eigenvalue weighted by Crippen LogP contribution is 2.30. The summed E-state index contributed by atoms with van der Waals surface area (Å²) in [5.74, 6) is 1.38. The van der Waals surface area contributed by atoms with Gasteiger partial charge in [0.15, 0.2) is 0 Å². The summed E-state index contributed by atoms with van der Waals surface area (Å²) in [6, 6.07) is 12.2. The van der Waals surface area contributed by atoms with Gasteiger partial charge in [0, 0.05) is 16.6 Å². The van der Waals surface area contributed by atoms with E-state index in [2.05, 4.69) is 10.1 Å². The normalized spacial score (nSPS) is 10.8. The second-order valence-corrected chi connectivity index (χ2v) is 7.02. The Hall–Kier alpha value is -3.06. The van der Waals surface area contributed by atoms with Gasteiger partial charge in [-0.2, -0.15) is 4.98 Å². The summed E-state index contributed by atoms with van der Waals surface area (Å²) >= 11 is 5.92. The van der Waals surface area contributed by atoms with Crippen LogP contribution < -0.4 is 9.47 Å². The lowest BCUT2D eigenvalue weighted by atomic mass is 10.1. The van der Waals surface area contributed by atoms with E-state index in [9.17, 15) is 4.79 Å². The Morgan fingerprint density at radius 1 is 1.10 bits per heavy atom. The van der Waals surface area contributed by atoms with E-state index < -0.39 is 0 Å². The number of benzene rings is 2. The molecule has 0 bridgehead atoms. The van der Waals surface area contributed by atoms with Gasteiger partial charge in [-0.3, -0.25) is 4.79 Å². The predicted octanol–water partition coefficient (Wildman–Crippen LogP) is 4.46. The molecule has 0 N–H and O–H groups in total. The standard InChI is InChI=1S/C21H22ClN3O4/c1-13(2)25(21(26)19-16(27-3)6-5-7-17(19)28-4)12-18-23-20(24-29-18)14-8-10-15(22)11-9-14/h5-11,13H,12H2,1-4H3. The van der Waals surface area contributed by atoms with Crippen molar-refractivity contribution in [2.75, 3.05) is 14.2 Å². The monoisotopic (exact) mass is 415 g/mol. The van der Waals surface area contributed by atoms with Crippen molar-refractivity contribution in [1.29, 1.82) is 0 Å². The molecule has 8 heteroatoms. The minimum atomic E-state index is -0.249. The number of ether oxygens (including phenoxy) is 2. The number of rotatable bonds is 7. The topological polar surface area (TPSA) is 77.7 Å². The van der Waals surface area contributed by atoms with E-state index in [0.29, 0.717) is 33.8 Å². The molecule has 0 unspecified atom stereocenters. The van der Waals surface area contributed by atoms with Crippen molar-refractivity contribution in [1.82, 2.24) is 15.0 Å². The minimum Gasteiger partial charge on any atom is -0.496 e. The molecule has 0 aliphatic rings. The molecule has 1 heterocycles. The summed E-state index contributed by atoms with van der Waals surface area (Å²) < 4.78 is 16.1. The fraction of sp³-hybridized carbons (Fsp3) is 0.286. The molecule has 29 heavy (non-hydrogen) atoms. The van der Waals surface area contributed by atoms with Gasteiger partial charge in [0.25, 0.3) is 5.91 Å². The van der Waals surface area contributed by atoms with Crippen LogP contribution in [0.5, 0.6) is 11.5 Å². The Morgan fingerprint density at radius 2 is 1.72 bits per heavy atom. The largest absolute Gasteiger partial charge is 0.496 e. The molecule has 7 nitrogen and oxygen atoms in total. The zero-order valence-electron chi connectivity index (χ0n) is 16.7. The van der Waals surface area contributed by atoms with Gasteiger partial charge in [-0.05, 0) is 50.2 Å². The molecule has 0 radical (unpaired) electrons. The molecule has 0 saturated heterocycles. The van der Waals surface area contributed by atoms with E-state index >= 15 is 0 Å². The predicted molar refractivity (Wildman–Crippen MR) is 109 cm³/mol. The maximum atomic E-state index is 13.3. The smallest absolute Gasteiger partial charge is 0.262 e. The quantitative estimate of drug-likeness (QED) is 0.567. The molecule has 0 saturated carbocycles. The van der Waals surface area contributed by atoms with Crippen molar-refractivity contribution < 1.29 is 18.8 Å². The van der Waals surface area contributed by atoms with Crippen molar-refractivity contribution in [2.24, 2.45) is 0 Å². The van der Waals surface area contributed by atoms with Gasteiger partial charge in [-0.1, -0.05) is 22.8 Å². The number of methoxy groups -OCH3 is 2. The van der Waals surface area contributed by atoms with E-state index in [4.69, 9.17) is 25.6 Å². The van der Waals surface area contributed by atoms with E-state index in [-0.39, 0.29) is 18.5 Å². The van der Waals surface area contributed by atoms with Crippen LogP contribution in [0.1, 0.15) is 30.1 Å². The summed E-state index contributed by atoms with van der Waals surface area (Å²) in [6.07, 6.45) is 0. The fourth-order valence-corrected chi connectivity index (χ4v) is 3.00. The third-order valence-electron chi connectivity index (χ3n) is 4.40. The van der Waals surface area contributed by atoms with E-state index in [1.807, 2.05) is 26.0 Å². The Bertz CT molecular complexity index is 964. The van der Waals surface area contributed by atoms with Crippen LogP contribution in [0.25, 0.3) is 11.4 Å². The Labute approximate surface area is 174 Å². The van der Waals surface area contributed by atoms with Crippen LogP contribution in [0.15, 0.2) is 47.0 Å². The van der Waals surface area contributed by atoms with Crippen LogP contribution in [0, 0.1) is 0 Å². The molecule has 1 amide bonds. The lowest BCUT2D eigenvalue weighted by molar-refractivity contribution is 0.0660. The van der Waals surface area contributed by atoms with Crippen LogP contribution in [0.4, 0.5) is 0 Å². The molecule has 152 valence electrons. The number of halogens is 1. The fourth-order valence-electron chi connectivity index (χ4n) is 2.88. The summed E-state index contributed by atoms with van der Waals surface area (Å²) in [4.78, 5) is 19.4. The number of carbonyl (C=O) groups is 1. The molecule has 2 aromatic carbocycles. The molecule has 1 aromatic heterocycles. The first-order valence-electron chi connectivity index (χ1n) is 9.05. The summed E-state index contributed by atoms with van der Waals surface area (Å²) in [5.41, 5.74) is 1.13. The van der Waals surface area contributed by atoms with Crippen LogP contribution in [-0.4, -0.2) is 41.2 Å². The molecular formula is C21H22ClN3O4. The molecule has 3 aromatic rings. The van der Waals surface area contributed by atoms with E-state index in [1.165, 1.54) is 14.2 Å². The first kappa shape index (κ1) is 20.7. The van der Waals surface area contributed by atoms with Crippen molar-refractivity contribution in [2.45, 2.75) is 26.4 Å². The van der Waals surface area contributed by atoms with Gasteiger partial charge in [-0.25, -0.2) is 0 Å². The lowest BCUT2D eigenvalue weighted by Crippen LogP contribution is -2.37. The SMILES string of the molecule is COc1cccc(OC)c1C(=O)N(Cc1nc(-c2ccc(Cl)cc2)no1)C(C)C. The highest BCUT2D eigenvalue weighted by Gasteiger charge is 2.27. The van der Waals surface area contributed by atoms with Gasteiger partial charge >= 0.3 is 0 Å². The Morgan fingerprint density at radius 3 is 2.28 bits per heavy atom. The van der Waals surface area contributed by atoms with Gasteiger partial charge in [-0.15, -0.1) is 0 Å². The second kappa shape index (κ2) is 8.96. The van der Waals surface area contributed by atoms with Crippen LogP contribution >= 0.6 is 11.6 Å². The molecule has 0 atom stereocenters. The van der Waals surface area contributed by atoms with Gasteiger partial charge < -0.3 is 18.9 Å². The molecule has 0 aliphatic carbocycles. The van der Waals surface area contributed by atoms with Crippen LogP contribution in [0.2, 0.25) is 5.02 Å². The third-order valence-corrected chi connectivity index (χ3v) is 4.65. The number of hydrogen-bond donors (Lipinski definition) is 0. The van der Waals surface area contributed by atoms with Gasteiger partial charge in [0.05, 0.1) is 14.2 Å². The minimum absolute atomic E-state index is 0.122. The van der Waals surface area contributed by atoms with Crippen molar-refractivity contribution in [3.05, 3.63) is 58.9 Å². The molecular weight excluding hydrogens is 394 g/mol. The van der Waals surface area contributed by atoms with Crippen molar-refractivity contribution >= 4 is 17.5 Å². The molecule has 0 spiro atoms. The lowest BCUT2D eigenvalue weighted by Gasteiger charge is -2.26. The van der Waals surface area contributed by atoms with Gasteiger partial charge in [0.2, 0.25) is 11.7 Å². The Balaban J connectivity index is 1.88. The average Bonchev–Trinajstić information content (AvgIpc) is 3.19. The first-order chi connectivity index (χ1) is 13.9. The molecule has 0 aliphatic heterocycles. The molecule has 3 rings (SSSR count). The zero-order valence-corrected chi connectivity index (χ0v) is 17.4. The third kappa shape index (κ3) is 4.51. The zero-order chi connectivity index (χ0) is 21.0. The first-order valence-corrected chi connectivity index (χ1v) is 9.43. The second-order valence-electron chi connectivity index (χ2n) is 6.58. The van der Waals surface area contributed by atoms with E-state index in [0.717, 1.165) is 5.56 Å². The summed E-state index contributed by atoms with van der Waals surface area (Å²) in [7, 11) is 3.03. The maximum Gasteiger partial charge on any atom is 0.262 e. The highest BCUT2D eigenvalue weighted by molar-refractivity contribution is 6.30. The summed E-state index contributed by atoms with van der Waals surface area (Å²) in [6.45, 7) is 3.98. The number of amides is 1. The average molecular weight is 416 g/mol. The van der Waals surface area contributed by atoms with Crippen molar-refractivity contribution in [3.63, 3.8) is 0 Å². The maximum absolute atomic E-state index is 13.3. The highest BCUT2D eigenvalue weighted by atomic mass is 35.5. The number of hydrogen-bond acceptors (Lipinski definition) is 6. The van der Waals surface area contributed by atoms with Crippen LogP contribution in [-0.2, 0) is 6.54 Å². The molecule has 0 fully saturated rings. The number of nitrogens with zero attached hydrogens (tertiary/aromatic N) is 3. The van der Waals surface area contributed by atoms with E-state index in [1.54, 1.807) is 35.2 Å². The van der Waals surface area contributed by atoms with Crippen LogP contribution in [0.3, 0.4) is 0 Å². The Kier molecular flexibility index (Phi) is 6.39. The number of carbonyl (C=O) groups excluding carboxylic acids is 1. The van der Waals surface area contributed by atoms with Crippen molar-refractivity contribution in [3.8, 4) is 22.9 Å². The number of aromatic nitrogens is 2. The summed E-state index contributed by atoms with van der Waals surface area (Å²) in [5, 5.41) is 4.64. The van der Waals surface area contributed by atoms with Gasteiger partial charge in [0.1, 0.15) is 23.6 Å².